The zero-order valence-corrected chi connectivity index (χ0v) is 13.0. The van der Waals surface area contributed by atoms with Gasteiger partial charge in [-0.25, -0.2) is 0 Å². The molecule has 0 atom stereocenters. The fourth-order valence-electron chi connectivity index (χ4n) is 2.57. The molecule has 6 heteroatoms. The molecule has 6 nitrogen and oxygen atoms in total. The third-order valence-electron chi connectivity index (χ3n) is 3.89. The number of hydrogen-bond acceptors (Lipinski definition) is 5. The highest BCUT2D eigenvalue weighted by molar-refractivity contribution is 5.90. The maximum atomic E-state index is 12.3. The highest BCUT2D eigenvalue weighted by atomic mass is 16.5. The molecule has 0 unspecified atom stereocenters. The van der Waals surface area contributed by atoms with Crippen molar-refractivity contribution in [1.29, 1.82) is 0 Å². The van der Waals surface area contributed by atoms with Crippen molar-refractivity contribution in [3.63, 3.8) is 0 Å². The number of hydrogen-bond donors (Lipinski definition) is 0. The van der Waals surface area contributed by atoms with E-state index < -0.39 is 0 Å². The topological polar surface area (TPSA) is 62.5 Å². The molecule has 0 saturated carbocycles. The van der Waals surface area contributed by atoms with Crippen LogP contribution in [0.3, 0.4) is 0 Å². The highest BCUT2D eigenvalue weighted by Crippen LogP contribution is 2.21. The quantitative estimate of drug-likeness (QED) is 0.871. The summed E-state index contributed by atoms with van der Waals surface area (Å²) in [6, 6.07) is 7.82. The minimum absolute atomic E-state index is 0.0774. The van der Waals surface area contributed by atoms with Crippen molar-refractivity contribution in [2.24, 2.45) is 0 Å². The molecule has 3 rings (SSSR count). The average molecular weight is 300 g/mol. The van der Waals surface area contributed by atoms with Gasteiger partial charge in [0.1, 0.15) is 0 Å². The molecule has 2 aromatic rings. The lowest BCUT2D eigenvalue weighted by atomic mass is 10.1. The fraction of sp³-hybridized carbons (Fsp3) is 0.438. The van der Waals surface area contributed by atoms with Crippen LogP contribution in [0.2, 0.25) is 0 Å². The fourth-order valence-corrected chi connectivity index (χ4v) is 2.57. The molecule has 1 aromatic heterocycles. The molecule has 1 saturated heterocycles. The molecule has 1 aromatic carbocycles. The van der Waals surface area contributed by atoms with Gasteiger partial charge in [-0.05, 0) is 43.5 Å². The molecule has 0 N–H and O–H groups in total. The zero-order chi connectivity index (χ0) is 15.5. The summed E-state index contributed by atoms with van der Waals surface area (Å²) in [5.74, 6) is 0.364. The van der Waals surface area contributed by atoms with Gasteiger partial charge in [0, 0.05) is 38.4 Å². The molecule has 0 spiro atoms. The Bertz CT molecular complexity index is 642. The molecule has 0 radical (unpaired) electrons. The summed E-state index contributed by atoms with van der Waals surface area (Å²) in [6.45, 7) is 1.54. The van der Waals surface area contributed by atoms with Crippen LogP contribution in [-0.4, -0.2) is 48.1 Å². The monoisotopic (exact) mass is 300 g/mol. The van der Waals surface area contributed by atoms with Gasteiger partial charge >= 0.3 is 11.8 Å². The number of amides is 1. The zero-order valence-electron chi connectivity index (χ0n) is 13.0. The van der Waals surface area contributed by atoms with Gasteiger partial charge in [0.15, 0.2) is 0 Å². The summed E-state index contributed by atoms with van der Waals surface area (Å²) < 4.78 is 5.15. The lowest BCUT2D eigenvalue weighted by Crippen LogP contribution is -2.35. The van der Waals surface area contributed by atoms with E-state index in [-0.39, 0.29) is 11.8 Å². The minimum Gasteiger partial charge on any atom is -0.378 e. The van der Waals surface area contributed by atoms with Crippen LogP contribution in [0.5, 0.6) is 0 Å². The molecule has 1 fully saturated rings. The van der Waals surface area contributed by atoms with E-state index in [0.717, 1.165) is 37.2 Å². The van der Waals surface area contributed by atoms with Gasteiger partial charge in [-0.15, -0.1) is 0 Å². The molecule has 116 valence electrons. The van der Waals surface area contributed by atoms with Gasteiger partial charge in [-0.3, -0.25) is 4.79 Å². The second kappa shape index (κ2) is 6.17. The van der Waals surface area contributed by atoms with E-state index in [4.69, 9.17) is 4.52 Å². The first-order chi connectivity index (χ1) is 10.6. The van der Waals surface area contributed by atoms with Gasteiger partial charge in [-0.1, -0.05) is 5.16 Å². The van der Waals surface area contributed by atoms with Crippen molar-refractivity contribution in [3.05, 3.63) is 30.2 Å². The highest BCUT2D eigenvalue weighted by Gasteiger charge is 2.23. The van der Waals surface area contributed by atoms with E-state index in [9.17, 15) is 4.79 Å². The average Bonchev–Trinajstić information content (AvgIpc) is 3.05. The first kappa shape index (κ1) is 14.6. The Morgan fingerprint density at radius 2 is 1.82 bits per heavy atom. The summed E-state index contributed by atoms with van der Waals surface area (Å²) in [5.41, 5.74) is 1.93. The molecule has 2 heterocycles. The van der Waals surface area contributed by atoms with Crippen LogP contribution >= 0.6 is 0 Å². The third kappa shape index (κ3) is 2.95. The van der Waals surface area contributed by atoms with Gasteiger partial charge in [0.2, 0.25) is 5.82 Å². The van der Waals surface area contributed by atoms with Gasteiger partial charge < -0.3 is 14.3 Å². The largest absolute Gasteiger partial charge is 0.378 e. The van der Waals surface area contributed by atoms with Crippen molar-refractivity contribution in [2.75, 3.05) is 32.1 Å². The molecular weight excluding hydrogens is 280 g/mol. The second-order valence-electron chi connectivity index (χ2n) is 5.72. The Morgan fingerprint density at radius 1 is 1.14 bits per heavy atom. The summed E-state index contributed by atoms with van der Waals surface area (Å²) in [4.78, 5) is 20.4. The smallest absolute Gasteiger partial charge is 0.316 e. The van der Waals surface area contributed by atoms with E-state index in [0.29, 0.717) is 5.82 Å². The number of carbonyl (C=O) groups is 1. The summed E-state index contributed by atoms with van der Waals surface area (Å²) in [6.07, 6.45) is 3.26. The predicted octanol–water partition coefficient (Wildman–Crippen LogP) is 2.43. The lowest BCUT2D eigenvalue weighted by Gasteiger charge is -2.24. The van der Waals surface area contributed by atoms with E-state index in [2.05, 4.69) is 10.1 Å². The van der Waals surface area contributed by atoms with E-state index in [1.54, 1.807) is 4.90 Å². The van der Waals surface area contributed by atoms with Crippen LogP contribution in [0.1, 0.15) is 29.9 Å². The van der Waals surface area contributed by atoms with E-state index in [1.807, 2.05) is 43.3 Å². The first-order valence-electron chi connectivity index (χ1n) is 7.56. The standard InChI is InChI=1S/C16H20N4O2/c1-19(2)13-8-6-12(7-9-13)14-17-15(22-18-14)16(21)20-10-4-3-5-11-20/h6-9H,3-5,10-11H2,1-2H3. The first-order valence-corrected chi connectivity index (χ1v) is 7.56. The Balaban J connectivity index is 1.76. The Morgan fingerprint density at radius 3 is 2.45 bits per heavy atom. The molecule has 1 aliphatic heterocycles. The van der Waals surface area contributed by atoms with Crippen molar-refractivity contribution in [1.82, 2.24) is 15.0 Å². The summed E-state index contributed by atoms with van der Waals surface area (Å²) in [5, 5.41) is 3.93. The Labute approximate surface area is 129 Å². The van der Waals surface area contributed by atoms with Crippen LogP contribution in [-0.2, 0) is 0 Å². The number of piperidine rings is 1. The maximum absolute atomic E-state index is 12.3. The van der Waals surface area contributed by atoms with Gasteiger partial charge in [-0.2, -0.15) is 4.98 Å². The van der Waals surface area contributed by atoms with E-state index in [1.165, 1.54) is 6.42 Å². The van der Waals surface area contributed by atoms with Crippen molar-refractivity contribution in [3.8, 4) is 11.4 Å². The minimum atomic E-state index is -0.164. The normalized spacial score (nSPS) is 14.9. The Kier molecular flexibility index (Phi) is 4.09. The number of aromatic nitrogens is 2. The van der Waals surface area contributed by atoms with Crippen LogP contribution < -0.4 is 4.90 Å². The number of carbonyl (C=O) groups excluding carboxylic acids is 1. The molecule has 1 amide bonds. The lowest BCUT2D eigenvalue weighted by molar-refractivity contribution is 0.0674. The summed E-state index contributed by atoms with van der Waals surface area (Å²) in [7, 11) is 3.97. The number of likely N-dealkylation sites (tertiary alicyclic amines) is 1. The molecule has 1 aliphatic rings. The van der Waals surface area contributed by atoms with Gasteiger partial charge in [0.25, 0.3) is 0 Å². The SMILES string of the molecule is CN(C)c1ccc(-c2noc(C(=O)N3CCCCC3)n2)cc1. The number of nitrogens with zero attached hydrogens (tertiary/aromatic N) is 4. The molecular formula is C16H20N4O2. The van der Waals surface area contributed by atoms with Crippen LogP contribution in [0.15, 0.2) is 28.8 Å². The van der Waals surface area contributed by atoms with Crippen LogP contribution in [0, 0.1) is 0 Å². The molecule has 22 heavy (non-hydrogen) atoms. The van der Waals surface area contributed by atoms with Crippen molar-refractivity contribution >= 4 is 11.6 Å². The number of benzene rings is 1. The number of anilines is 1. The van der Waals surface area contributed by atoms with Crippen molar-refractivity contribution in [2.45, 2.75) is 19.3 Å². The van der Waals surface area contributed by atoms with Gasteiger partial charge in [0.05, 0.1) is 0 Å². The summed E-state index contributed by atoms with van der Waals surface area (Å²) >= 11 is 0. The molecule has 0 bridgehead atoms. The predicted molar refractivity (Wildman–Crippen MR) is 83.8 cm³/mol. The Hall–Kier alpha value is -2.37. The van der Waals surface area contributed by atoms with E-state index >= 15 is 0 Å². The number of rotatable bonds is 3. The molecule has 0 aliphatic carbocycles. The van der Waals surface area contributed by atoms with Crippen molar-refractivity contribution < 1.29 is 9.32 Å². The van der Waals surface area contributed by atoms with Crippen LogP contribution in [0.25, 0.3) is 11.4 Å². The second-order valence-corrected chi connectivity index (χ2v) is 5.72. The van der Waals surface area contributed by atoms with Crippen LogP contribution in [0.4, 0.5) is 5.69 Å². The maximum Gasteiger partial charge on any atom is 0.316 e. The third-order valence-corrected chi connectivity index (χ3v) is 3.89.